The summed E-state index contributed by atoms with van der Waals surface area (Å²) in [5.41, 5.74) is 5.30. The SMILES string of the molecule is CCNC(CCSc1cc(Cl)cc(Cl)c1)C(N)=O. The fraction of sp³-hybridized carbons (Fsp3) is 0.417. The predicted octanol–water partition coefficient (Wildman–Crippen LogP) is 2.94. The van der Waals surface area contributed by atoms with E-state index < -0.39 is 0 Å². The third-order valence-corrected chi connectivity index (χ3v) is 3.75. The number of rotatable bonds is 7. The highest BCUT2D eigenvalue weighted by Crippen LogP contribution is 2.27. The molecule has 0 saturated heterocycles. The minimum absolute atomic E-state index is 0.280. The monoisotopic (exact) mass is 306 g/mol. The van der Waals surface area contributed by atoms with Crippen LogP contribution in [0.3, 0.4) is 0 Å². The lowest BCUT2D eigenvalue weighted by molar-refractivity contribution is -0.120. The second kappa shape index (κ2) is 7.89. The van der Waals surface area contributed by atoms with Crippen molar-refractivity contribution in [2.24, 2.45) is 5.73 Å². The molecular formula is C12H16Cl2N2OS. The second-order valence-corrected chi connectivity index (χ2v) is 5.80. The maximum atomic E-state index is 11.1. The fourth-order valence-corrected chi connectivity index (χ4v) is 3.16. The largest absolute Gasteiger partial charge is 0.368 e. The van der Waals surface area contributed by atoms with Gasteiger partial charge in [0.1, 0.15) is 0 Å². The van der Waals surface area contributed by atoms with E-state index in [0.29, 0.717) is 16.5 Å². The van der Waals surface area contributed by atoms with Gasteiger partial charge < -0.3 is 11.1 Å². The summed E-state index contributed by atoms with van der Waals surface area (Å²) < 4.78 is 0. The van der Waals surface area contributed by atoms with Crippen LogP contribution in [0.15, 0.2) is 23.1 Å². The van der Waals surface area contributed by atoms with Gasteiger partial charge in [-0.3, -0.25) is 4.79 Å². The number of amides is 1. The highest BCUT2D eigenvalue weighted by molar-refractivity contribution is 7.99. The third-order valence-electron chi connectivity index (χ3n) is 2.31. The molecule has 0 aliphatic heterocycles. The van der Waals surface area contributed by atoms with E-state index in [1.165, 1.54) is 0 Å². The number of carbonyl (C=O) groups excluding carboxylic acids is 1. The summed E-state index contributed by atoms with van der Waals surface area (Å²) in [6.07, 6.45) is 0.679. The van der Waals surface area contributed by atoms with Gasteiger partial charge in [0, 0.05) is 14.9 Å². The van der Waals surface area contributed by atoms with Gasteiger partial charge in [-0.15, -0.1) is 11.8 Å². The molecule has 0 bridgehead atoms. The van der Waals surface area contributed by atoms with Gasteiger partial charge in [-0.1, -0.05) is 30.1 Å². The first-order valence-corrected chi connectivity index (χ1v) is 7.38. The number of primary amides is 1. The van der Waals surface area contributed by atoms with Crippen molar-refractivity contribution in [1.82, 2.24) is 5.32 Å². The Hall–Kier alpha value is -0.420. The molecule has 100 valence electrons. The van der Waals surface area contributed by atoms with Gasteiger partial charge in [0.25, 0.3) is 0 Å². The lowest BCUT2D eigenvalue weighted by Gasteiger charge is -2.13. The second-order valence-electron chi connectivity index (χ2n) is 3.75. The average molecular weight is 307 g/mol. The van der Waals surface area contributed by atoms with E-state index >= 15 is 0 Å². The molecule has 0 spiro atoms. The van der Waals surface area contributed by atoms with Crippen LogP contribution in [0.4, 0.5) is 0 Å². The molecule has 0 saturated carbocycles. The number of benzene rings is 1. The van der Waals surface area contributed by atoms with Gasteiger partial charge in [-0.2, -0.15) is 0 Å². The molecule has 3 N–H and O–H groups in total. The summed E-state index contributed by atoms with van der Waals surface area (Å²) in [5, 5.41) is 4.28. The first-order chi connectivity index (χ1) is 8.52. The van der Waals surface area contributed by atoms with Crippen LogP contribution in [0.5, 0.6) is 0 Å². The number of nitrogens with two attached hydrogens (primary N) is 1. The molecule has 1 atom stereocenters. The zero-order valence-corrected chi connectivity index (χ0v) is 12.4. The summed E-state index contributed by atoms with van der Waals surface area (Å²) >= 11 is 13.4. The number of halogens is 2. The van der Waals surface area contributed by atoms with Crippen LogP contribution in [-0.4, -0.2) is 24.2 Å². The summed E-state index contributed by atoms with van der Waals surface area (Å²) in [6, 6.07) is 5.12. The lowest BCUT2D eigenvalue weighted by atomic mass is 10.2. The van der Waals surface area contributed by atoms with Crippen molar-refractivity contribution in [1.29, 1.82) is 0 Å². The van der Waals surface area contributed by atoms with E-state index in [0.717, 1.165) is 17.2 Å². The van der Waals surface area contributed by atoms with Gasteiger partial charge >= 0.3 is 0 Å². The van der Waals surface area contributed by atoms with Crippen molar-refractivity contribution in [3.8, 4) is 0 Å². The maximum Gasteiger partial charge on any atom is 0.234 e. The van der Waals surface area contributed by atoms with Gasteiger partial charge in [-0.25, -0.2) is 0 Å². The number of carbonyl (C=O) groups is 1. The lowest BCUT2D eigenvalue weighted by Crippen LogP contribution is -2.41. The molecule has 0 radical (unpaired) electrons. The van der Waals surface area contributed by atoms with E-state index in [4.69, 9.17) is 28.9 Å². The van der Waals surface area contributed by atoms with Crippen molar-refractivity contribution < 1.29 is 4.79 Å². The molecule has 1 aromatic rings. The Morgan fingerprint density at radius 2 is 2.00 bits per heavy atom. The molecule has 1 unspecified atom stereocenters. The van der Waals surface area contributed by atoms with Crippen molar-refractivity contribution in [3.63, 3.8) is 0 Å². The van der Waals surface area contributed by atoms with E-state index in [9.17, 15) is 4.79 Å². The summed E-state index contributed by atoms with van der Waals surface area (Å²) in [6.45, 7) is 2.67. The predicted molar refractivity (Wildman–Crippen MR) is 78.5 cm³/mol. The van der Waals surface area contributed by atoms with Gasteiger partial charge in [0.05, 0.1) is 6.04 Å². The Bertz CT molecular complexity index is 395. The number of thioether (sulfide) groups is 1. The van der Waals surface area contributed by atoms with E-state index in [-0.39, 0.29) is 11.9 Å². The van der Waals surface area contributed by atoms with Crippen LogP contribution in [0.2, 0.25) is 10.0 Å². The molecule has 1 aromatic carbocycles. The first-order valence-electron chi connectivity index (χ1n) is 5.64. The van der Waals surface area contributed by atoms with Crippen LogP contribution in [0, 0.1) is 0 Å². The number of hydrogen-bond acceptors (Lipinski definition) is 3. The van der Waals surface area contributed by atoms with Gasteiger partial charge in [0.15, 0.2) is 0 Å². The van der Waals surface area contributed by atoms with Crippen molar-refractivity contribution in [2.75, 3.05) is 12.3 Å². The van der Waals surface area contributed by atoms with Gasteiger partial charge in [0.2, 0.25) is 5.91 Å². The number of nitrogens with one attached hydrogen (secondary N) is 1. The third kappa shape index (κ3) is 5.48. The minimum Gasteiger partial charge on any atom is -0.368 e. The zero-order valence-electron chi connectivity index (χ0n) is 10.1. The molecule has 6 heteroatoms. The zero-order chi connectivity index (χ0) is 13.5. The van der Waals surface area contributed by atoms with E-state index in [1.54, 1.807) is 17.8 Å². The quantitative estimate of drug-likeness (QED) is 0.762. The molecule has 0 aliphatic carbocycles. The summed E-state index contributed by atoms with van der Waals surface area (Å²) in [4.78, 5) is 12.1. The molecule has 0 aliphatic rings. The summed E-state index contributed by atoms with van der Waals surface area (Å²) in [7, 11) is 0. The smallest absolute Gasteiger partial charge is 0.234 e. The Balaban J connectivity index is 2.47. The Morgan fingerprint density at radius 1 is 1.39 bits per heavy atom. The molecule has 18 heavy (non-hydrogen) atoms. The molecule has 1 amide bonds. The van der Waals surface area contributed by atoms with Crippen LogP contribution in [0.25, 0.3) is 0 Å². The topological polar surface area (TPSA) is 55.1 Å². The highest BCUT2D eigenvalue weighted by Gasteiger charge is 2.13. The minimum atomic E-state index is -0.318. The molecule has 1 rings (SSSR count). The van der Waals surface area contributed by atoms with E-state index in [2.05, 4.69) is 5.32 Å². The number of hydrogen-bond donors (Lipinski definition) is 2. The normalized spacial score (nSPS) is 12.4. The summed E-state index contributed by atoms with van der Waals surface area (Å²) in [5.74, 6) is 0.457. The van der Waals surface area contributed by atoms with Crippen LogP contribution >= 0.6 is 35.0 Å². The maximum absolute atomic E-state index is 11.1. The van der Waals surface area contributed by atoms with Crippen LogP contribution < -0.4 is 11.1 Å². The fourth-order valence-electron chi connectivity index (χ4n) is 1.50. The molecule has 0 fully saturated rings. The Kier molecular flexibility index (Phi) is 6.86. The molecule has 0 aromatic heterocycles. The molecular weight excluding hydrogens is 291 g/mol. The van der Waals surface area contributed by atoms with Gasteiger partial charge in [-0.05, 0) is 36.9 Å². The van der Waals surface area contributed by atoms with Crippen LogP contribution in [0.1, 0.15) is 13.3 Å². The Morgan fingerprint density at radius 3 is 2.50 bits per heavy atom. The molecule has 0 heterocycles. The van der Waals surface area contributed by atoms with Crippen molar-refractivity contribution in [3.05, 3.63) is 28.2 Å². The average Bonchev–Trinajstić information content (AvgIpc) is 2.26. The standard InChI is InChI=1S/C12H16Cl2N2OS/c1-2-16-11(12(15)17)3-4-18-10-6-8(13)5-9(14)7-10/h5-7,11,16H,2-4H2,1H3,(H2,15,17). The van der Waals surface area contributed by atoms with Crippen molar-refractivity contribution in [2.45, 2.75) is 24.3 Å². The Labute approximate surface area is 121 Å². The molecule has 3 nitrogen and oxygen atoms in total. The highest BCUT2D eigenvalue weighted by atomic mass is 35.5. The van der Waals surface area contributed by atoms with Crippen molar-refractivity contribution >= 4 is 40.9 Å². The first kappa shape index (κ1) is 15.6. The van der Waals surface area contributed by atoms with E-state index in [1.807, 2.05) is 19.1 Å². The number of likely N-dealkylation sites (N-methyl/N-ethyl adjacent to an activating group) is 1. The van der Waals surface area contributed by atoms with Crippen LogP contribution in [-0.2, 0) is 4.79 Å².